The molecule has 1 heterocycles. The Bertz CT molecular complexity index is 845. The third-order valence-corrected chi connectivity index (χ3v) is 4.50. The number of carbonyl (C=O) groups is 2. The second-order valence-electron chi connectivity index (χ2n) is 5.65. The zero-order valence-electron chi connectivity index (χ0n) is 14.5. The summed E-state index contributed by atoms with van der Waals surface area (Å²) in [5, 5.41) is 0.437. The summed E-state index contributed by atoms with van der Waals surface area (Å²) < 4.78 is 2.03. The lowest BCUT2D eigenvalue weighted by molar-refractivity contribution is -0.139. The summed E-state index contributed by atoms with van der Waals surface area (Å²) in [6.07, 6.45) is 1.36. The molecule has 0 radical (unpaired) electrons. The van der Waals surface area contributed by atoms with E-state index in [9.17, 15) is 14.4 Å². The molecule has 0 aliphatic heterocycles. The molecule has 2 amide bonds. The van der Waals surface area contributed by atoms with Crippen molar-refractivity contribution in [3.63, 3.8) is 0 Å². The first-order valence-electron chi connectivity index (χ1n) is 8.03. The van der Waals surface area contributed by atoms with Crippen LogP contribution < -0.4 is 5.56 Å². The highest BCUT2D eigenvalue weighted by Crippen LogP contribution is 2.14. The molecule has 0 bridgehead atoms. The van der Waals surface area contributed by atoms with Crippen molar-refractivity contribution in [1.29, 1.82) is 0 Å². The van der Waals surface area contributed by atoms with Crippen molar-refractivity contribution >= 4 is 38.6 Å². The predicted molar refractivity (Wildman–Crippen MR) is 99.3 cm³/mol. The van der Waals surface area contributed by atoms with E-state index in [0.29, 0.717) is 24.0 Å². The summed E-state index contributed by atoms with van der Waals surface area (Å²) in [6.45, 7) is 4.81. The Kier molecular flexibility index (Phi) is 6.30. The minimum atomic E-state index is -0.321. The van der Waals surface area contributed by atoms with E-state index in [1.807, 2.05) is 13.8 Å². The average molecular weight is 409 g/mol. The minimum Gasteiger partial charge on any atom is -0.342 e. The minimum absolute atomic E-state index is 0.0121. The highest BCUT2D eigenvalue weighted by molar-refractivity contribution is 9.10. The van der Waals surface area contributed by atoms with E-state index in [0.717, 1.165) is 4.47 Å². The lowest BCUT2D eigenvalue weighted by Crippen LogP contribution is -2.42. The van der Waals surface area contributed by atoms with Crippen LogP contribution in [0.15, 0.2) is 33.8 Å². The van der Waals surface area contributed by atoms with Crippen molar-refractivity contribution in [2.45, 2.75) is 20.4 Å². The molecular formula is C17H21BrN4O3. The zero-order chi connectivity index (χ0) is 18.6. The second-order valence-corrected chi connectivity index (χ2v) is 6.57. The molecule has 0 saturated heterocycles. The van der Waals surface area contributed by atoms with Crippen LogP contribution in [-0.2, 0) is 16.1 Å². The van der Waals surface area contributed by atoms with Crippen LogP contribution in [-0.4, -0.2) is 57.8 Å². The summed E-state index contributed by atoms with van der Waals surface area (Å²) in [5.41, 5.74) is 0.282. The van der Waals surface area contributed by atoms with Gasteiger partial charge in [-0.1, -0.05) is 15.9 Å². The van der Waals surface area contributed by atoms with E-state index in [1.54, 1.807) is 30.1 Å². The lowest BCUT2D eigenvalue weighted by Gasteiger charge is -2.23. The number of likely N-dealkylation sites (N-methyl/N-ethyl adjacent to an activating group) is 2. The Morgan fingerprint density at radius 2 is 1.88 bits per heavy atom. The molecule has 0 spiro atoms. The van der Waals surface area contributed by atoms with Crippen LogP contribution in [0, 0.1) is 0 Å². The maximum atomic E-state index is 12.5. The average Bonchev–Trinajstić information content (AvgIpc) is 2.58. The summed E-state index contributed by atoms with van der Waals surface area (Å²) in [4.78, 5) is 44.2. The van der Waals surface area contributed by atoms with Gasteiger partial charge in [0, 0.05) is 24.6 Å². The number of hydrogen-bond donors (Lipinski definition) is 0. The number of aromatic nitrogens is 2. The van der Waals surface area contributed by atoms with Crippen molar-refractivity contribution in [1.82, 2.24) is 19.4 Å². The van der Waals surface area contributed by atoms with Gasteiger partial charge in [-0.3, -0.25) is 19.0 Å². The van der Waals surface area contributed by atoms with E-state index < -0.39 is 0 Å². The van der Waals surface area contributed by atoms with Gasteiger partial charge < -0.3 is 9.80 Å². The molecule has 0 saturated carbocycles. The first-order valence-corrected chi connectivity index (χ1v) is 8.83. The Morgan fingerprint density at radius 3 is 2.52 bits per heavy atom. The molecule has 0 unspecified atom stereocenters. The standard InChI is InChI=1S/C17H21BrN4O3/c1-4-21(5-2)16(24)9-20(3)15(23)10-22-11-19-14-7-6-12(18)8-13(14)17(22)25/h6-8,11H,4-5,9-10H2,1-3H3. The van der Waals surface area contributed by atoms with Crippen LogP contribution in [0.2, 0.25) is 0 Å². The molecule has 0 N–H and O–H groups in total. The molecule has 7 nitrogen and oxygen atoms in total. The SMILES string of the molecule is CCN(CC)C(=O)CN(C)C(=O)Cn1cnc2ccc(Br)cc2c1=O. The van der Waals surface area contributed by atoms with Gasteiger partial charge in [-0.2, -0.15) is 0 Å². The van der Waals surface area contributed by atoms with Gasteiger partial charge in [0.1, 0.15) is 6.54 Å². The Balaban J connectivity index is 2.15. The van der Waals surface area contributed by atoms with Gasteiger partial charge in [0.05, 0.1) is 23.8 Å². The largest absolute Gasteiger partial charge is 0.342 e. The Morgan fingerprint density at radius 1 is 1.20 bits per heavy atom. The van der Waals surface area contributed by atoms with Gasteiger partial charge >= 0.3 is 0 Å². The van der Waals surface area contributed by atoms with E-state index in [2.05, 4.69) is 20.9 Å². The fourth-order valence-corrected chi connectivity index (χ4v) is 2.84. The summed E-state index contributed by atoms with van der Waals surface area (Å²) in [7, 11) is 1.56. The van der Waals surface area contributed by atoms with Crippen LogP contribution in [0.25, 0.3) is 10.9 Å². The molecule has 25 heavy (non-hydrogen) atoms. The quantitative estimate of drug-likeness (QED) is 0.725. The summed E-state index contributed by atoms with van der Waals surface area (Å²) in [6, 6.07) is 5.22. The summed E-state index contributed by atoms with van der Waals surface area (Å²) >= 11 is 3.33. The molecule has 1 aromatic carbocycles. The number of amides is 2. The number of nitrogens with zero attached hydrogens (tertiary/aromatic N) is 4. The molecule has 2 rings (SSSR count). The van der Waals surface area contributed by atoms with Gasteiger partial charge in [0.2, 0.25) is 11.8 Å². The monoisotopic (exact) mass is 408 g/mol. The highest BCUT2D eigenvalue weighted by atomic mass is 79.9. The van der Waals surface area contributed by atoms with Gasteiger partial charge in [0.15, 0.2) is 0 Å². The number of carbonyl (C=O) groups excluding carboxylic acids is 2. The molecule has 1 aromatic heterocycles. The number of halogens is 1. The van der Waals surface area contributed by atoms with Gasteiger partial charge in [-0.25, -0.2) is 4.98 Å². The third-order valence-electron chi connectivity index (χ3n) is 4.01. The van der Waals surface area contributed by atoms with Crippen molar-refractivity contribution < 1.29 is 9.59 Å². The maximum absolute atomic E-state index is 12.5. The molecular weight excluding hydrogens is 388 g/mol. The molecule has 2 aromatic rings. The Hall–Kier alpha value is -2.22. The molecule has 0 aliphatic rings. The van der Waals surface area contributed by atoms with Crippen LogP contribution in [0.4, 0.5) is 0 Å². The van der Waals surface area contributed by atoms with Crippen molar-refractivity contribution in [3.05, 3.63) is 39.4 Å². The third kappa shape index (κ3) is 4.45. The number of rotatable bonds is 6. The van der Waals surface area contributed by atoms with Crippen molar-refractivity contribution in [2.75, 3.05) is 26.7 Å². The normalized spacial score (nSPS) is 10.7. The fraction of sp³-hybridized carbons (Fsp3) is 0.412. The van der Waals surface area contributed by atoms with Gasteiger partial charge in [-0.05, 0) is 32.0 Å². The van der Waals surface area contributed by atoms with Crippen LogP contribution in [0.1, 0.15) is 13.8 Å². The van der Waals surface area contributed by atoms with E-state index >= 15 is 0 Å². The molecule has 0 atom stereocenters. The maximum Gasteiger partial charge on any atom is 0.261 e. The topological polar surface area (TPSA) is 75.5 Å². The molecule has 0 aliphatic carbocycles. The zero-order valence-corrected chi connectivity index (χ0v) is 16.1. The van der Waals surface area contributed by atoms with Crippen LogP contribution >= 0.6 is 15.9 Å². The fourth-order valence-electron chi connectivity index (χ4n) is 2.48. The van der Waals surface area contributed by atoms with Crippen molar-refractivity contribution in [2.24, 2.45) is 0 Å². The highest BCUT2D eigenvalue weighted by Gasteiger charge is 2.17. The lowest BCUT2D eigenvalue weighted by atomic mass is 10.2. The molecule has 0 fully saturated rings. The van der Waals surface area contributed by atoms with E-state index in [1.165, 1.54) is 15.8 Å². The first-order chi connectivity index (χ1) is 11.9. The predicted octanol–water partition coefficient (Wildman–Crippen LogP) is 1.49. The molecule has 8 heteroatoms. The van der Waals surface area contributed by atoms with Gasteiger partial charge in [0.25, 0.3) is 5.56 Å². The number of fused-ring (bicyclic) bond motifs is 1. The molecule has 134 valence electrons. The second kappa shape index (κ2) is 8.24. The van der Waals surface area contributed by atoms with Crippen LogP contribution in [0.3, 0.4) is 0 Å². The number of benzene rings is 1. The van der Waals surface area contributed by atoms with Crippen molar-refractivity contribution in [3.8, 4) is 0 Å². The number of hydrogen-bond acceptors (Lipinski definition) is 4. The Labute approximate surface area is 154 Å². The van der Waals surface area contributed by atoms with E-state index in [4.69, 9.17) is 0 Å². The first kappa shape index (κ1) is 19.1. The van der Waals surface area contributed by atoms with Crippen LogP contribution in [0.5, 0.6) is 0 Å². The summed E-state index contributed by atoms with van der Waals surface area (Å²) in [5.74, 6) is -0.437. The van der Waals surface area contributed by atoms with E-state index in [-0.39, 0.29) is 30.5 Å². The van der Waals surface area contributed by atoms with Gasteiger partial charge in [-0.15, -0.1) is 0 Å². The smallest absolute Gasteiger partial charge is 0.261 e.